The van der Waals surface area contributed by atoms with Crippen LogP contribution in [0.1, 0.15) is 291 Å². The lowest BCUT2D eigenvalue weighted by Gasteiger charge is -2.18. The van der Waals surface area contributed by atoms with Crippen molar-refractivity contribution in [2.75, 3.05) is 13.2 Å². The quantitative estimate of drug-likeness (QED) is 0.0345. The summed E-state index contributed by atoms with van der Waals surface area (Å²) >= 11 is 0. The van der Waals surface area contributed by atoms with Gasteiger partial charge < -0.3 is 14.2 Å². The minimum atomic E-state index is -0.761. The van der Waals surface area contributed by atoms with Crippen molar-refractivity contribution in [1.29, 1.82) is 0 Å². The molecule has 2 atom stereocenters. The van der Waals surface area contributed by atoms with Crippen molar-refractivity contribution in [3.63, 3.8) is 0 Å². The van der Waals surface area contributed by atoms with E-state index in [0.29, 0.717) is 19.3 Å². The second-order valence-electron chi connectivity index (χ2n) is 18.9. The summed E-state index contributed by atoms with van der Waals surface area (Å²) < 4.78 is 16.8. The number of hydrogen-bond donors (Lipinski definition) is 0. The SMILES string of the molecule is CCCCCCCCCCCC(=O)OC[C@H](COC(=O)CCCCCCCCCCCCC(C)CC)OC(=O)CCCCCCCCCCCCCCCCCC(C)C. The number of esters is 3. The van der Waals surface area contributed by atoms with Crippen LogP contribution in [0, 0.1) is 11.8 Å². The Hall–Kier alpha value is -1.59. The molecule has 0 rings (SSSR count). The maximum absolute atomic E-state index is 12.8. The first-order valence-electron chi connectivity index (χ1n) is 26.3. The fraction of sp³-hybridized carbons (Fsp3) is 0.943. The van der Waals surface area contributed by atoms with Gasteiger partial charge in [0.25, 0.3) is 0 Å². The van der Waals surface area contributed by atoms with E-state index in [2.05, 4.69) is 34.6 Å². The average molecular weight is 835 g/mol. The van der Waals surface area contributed by atoms with Crippen molar-refractivity contribution in [3.8, 4) is 0 Å². The fourth-order valence-corrected chi connectivity index (χ4v) is 7.96. The monoisotopic (exact) mass is 835 g/mol. The Bertz CT molecular complexity index is 902. The van der Waals surface area contributed by atoms with Gasteiger partial charge in [-0.3, -0.25) is 14.4 Å². The highest BCUT2D eigenvalue weighted by Gasteiger charge is 2.19. The van der Waals surface area contributed by atoms with Crippen molar-refractivity contribution in [2.24, 2.45) is 11.8 Å². The zero-order valence-corrected chi connectivity index (χ0v) is 40.4. The molecule has 0 saturated heterocycles. The molecule has 0 aliphatic rings. The molecule has 0 heterocycles. The molecule has 0 fully saturated rings. The first-order chi connectivity index (χ1) is 28.8. The molecular formula is C53H102O6. The van der Waals surface area contributed by atoms with Crippen LogP contribution in [0.15, 0.2) is 0 Å². The second-order valence-corrected chi connectivity index (χ2v) is 18.9. The molecule has 6 heteroatoms. The predicted molar refractivity (Wildman–Crippen MR) is 252 cm³/mol. The van der Waals surface area contributed by atoms with E-state index in [-0.39, 0.29) is 31.1 Å². The molecule has 59 heavy (non-hydrogen) atoms. The molecule has 0 aromatic rings. The molecule has 0 spiro atoms. The van der Waals surface area contributed by atoms with Crippen LogP contribution in [-0.4, -0.2) is 37.2 Å². The van der Waals surface area contributed by atoms with Crippen LogP contribution in [0.5, 0.6) is 0 Å². The number of rotatable bonds is 47. The van der Waals surface area contributed by atoms with Crippen LogP contribution in [0.3, 0.4) is 0 Å². The first kappa shape index (κ1) is 57.4. The summed E-state index contributed by atoms with van der Waals surface area (Å²) in [5.74, 6) is 0.868. The van der Waals surface area contributed by atoms with Gasteiger partial charge >= 0.3 is 17.9 Å². The number of ether oxygens (including phenoxy) is 3. The second kappa shape index (κ2) is 45.9. The van der Waals surface area contributed by atoms with Crippen molar-refractivity contribution in [2.45, 2.75) is 298 Å². The van der Waals surface area contributed by atoms with Crippen LogP contribution in [0.2, 0.25) is 0 Å². The zero-order valence-electron chi connectivity index (χ0n) is 40.4. The highest BCUT2D eigenvalue weighted by molar-refractivity contribution is 5.71. The molecule has 0 aromatic heterocycles. The number of unbranched alkanes of at least 4 members (excludes halogenated alkanes) is 31. The molecule has 0 N–H and O–H groups in total. The summed E-state index contributed by atoms with van der Waals surface area (Å²) in [4.78, 5) is 37.9. The summed E-state index contributed by atoms with van der Waals surface area (Å²) in [5.41, 5.74) is 0. The number of carbonyl (C=O) groups is 3. The zero-order chi connectivity index (χ0) is 43.3. The minimum Gasteiger partial charge on any atom is -0.462 e. The van der Waals surface area contributed by atoms with Gasteiger partial charge in [-0.2, -0.15) is 0 Å². The van der Waals surface area contributed by atoms with Gasteiger partial charge in [0.2, 0.25) is 0 Å². The van der Waals surface area contributed by atoms with E-state index in [1.165, 1.54) is 180 Å². The maximum Gasteiger partial charge on any atom is 0.306 e. The van der Waals surface area contributed by atoms with Gasteiger partial charge in [0.15, 0.2) is 6.10 Å². The van der Waals surface area contributed by atoms with E-state index in [0.717, 1.165) is 69.6 Å². The first-order valence-corrected chi connectivity index (χ1v) is 26.3. The highest BCUT2D eigenvalue weighted by atomic mass is 16.6. The molecule has 0 aliphatic heterocycles. The lowest BCUT2D eigenvalue weighted by molar-refractivity contribution is -0.167. The van der Waals surface area contributed by atoms with Crippen molar-refractivity contribution in [1.82, 2.24) is 0 Å². The van der Waals surface area contributed by atoms with Crippen LogP contribution < -0.4 is 0 Å². The van der Waals surface area contributed by atoms with E-state index >= 15 is 0 Å². The van der Waals surface area contributed by atoms with Crippen molar-refractivity contribution < 1.29 is 28.6 Å². The van der Waals surface area contributed by atoms with Gasteiger partial charge in [-0.1, -0.05) is 253 Å². The molecule has 6 nitrogen and oxygen atoms in total. The smallest absolute Gasteiger partial charge is 0.306 e. The van der Waals surface area contributed by atoms with Gasteiger partial charge in [0.05, 0.1) is 0 Å². The van der Waals surface area contributed by atoms with E-state index in [4.69, 9.17) is 14.2 Å². The van der Waals surface area contributed by atoms with Gasteiger partial charge in [-0.05, 0) is 31.1 Å². The van der Waals surface area contributed by atoms with Crippen molar-refractivity contribution in [3.05, 3.63) is 0 Å². The van der Waals surface area contributed by atoms with Crippen LogP contribution >= 0.6 is 0 Å². The Morgan fingerprint density at radius 2 is 0.644 bits per heavy atom. The topological polar surface area (TPSA) is 78.9 Å². The lowest BCUT2D eigenvalue weighted by atomic mass is 9.99. The Morgan fingerprint density at radius 1 is 0.356 bits per heavy atom. The summed E-state index contributed by atoms with van der Waals surface area (Å²) in [7, 11) is 0. The van der Waals surface area contributed by atoms with Gasteiger partial charge in [-0.25, -0.2) is 0 Å². The third kappa shape index (κ3) is 45.8. The molecule has 1 unspecified atom stereocenters. The maximum atomic E-state index is 12.8. The largest absolute Gasteiger partial charge is 0.462 e. The normalized spacial score (nSPS) is 12.5. The minimum absolute atomic E-state index is 0.0638. The number of hydrogen-bond acceptors (Lipinski definition) is 6. The molecular weight excluding hydrogens is 733 g/mol. The molecule has 0 radical (unpaired) electrons. The third-order valence-corrected chi connectivity index (χ3v) is 12.3. The summed E-state index contributed by atoms with van der Waals surface area (Å²) in [5, 5.41) is 0. The van der Waals surface area contributed by atoms with E-state index in [1.807, 2.05) is 0 Å². The van der Waals surface area contributed by atoms with Crippen LogP contribution in [0.25, 0.3) is 0 Å². The van der Waals surface area contributed by atoms with E-state index in [9.17, 15) is 14.4 Å². The molecule has 0 bridgehead atoms. The lowest BCUT2D eigenvalue weighted by Crippen LogP contribution is -2.30. The van der Waals surface area contributed by atoms with Gasteiger partial charge in [-0.15, -0.1) is 0 Å². The third-order valence-electron chi connectivity index (χ3n) is 12.3. The summed E-state index contributed by atoms with van der Waals surface area (Å²) in [6.45, 7) is 11.4. The van der Waals surface area contributed by atoms with Gasteiger partial charge in [0, 0.05) is 19.3 Å². The van der Waals surface area contributed by atoms with E-state index < -0.39 is 6.10 Å². The Balaban J connectivity index is 4.26. The molecule has 0 aromatic carbocycles. The Labute approximate surface area is 368 Å². The van der Waals surface area contributed by atoms with Gasteiger partial charge in [0.1, 0.15) is 13.2 Å². The average Bonchev–Trinajstić information content (AvgIpc) is 3.22. The molecule has 0 aliphatic carbocycles. The highest BCUT2D eigenvalue weighted by Crippen LogP contribution is 2.18. The van der Waals surface area contributed by atoms with Crippen LogP contribution in [0.4, 0.5) is 0 Å². The summed E-state index contributed by atoms with van der Waals surface area (Å²) in [6, 6.07) is 0. The Kier molecular flexibility index (Phi) is 44.7. The summed E-state index contributed by atoms with van der Waals surface area (Å²) in [6.07, 6.45) is 46.6. The molecule has 0 saturated carbocycles. The fourth-order valence-electron chi connectivity index (χ4n) is 7.96. The molecule has 0 amide bonds. The standard InChI is InChI=1S/C53H102O6/c1-6-8-9-10-11-21-28-33-38-43-51(54)57-46-50(47-58-52(55)44-39-34-29-24-20-19-23-27-32-37-42-49(5)7-2)59-53(56)45-40-35-30-25-18-16-14-12-13-15-17-22-26-31-36-41-48(3)4/h48-50H,6-47H2,1-5H3/t49?,50-/m1/s1. The van der Waals surface area contributed by atoms with E-state index in [1.54, 1.807) is 0 Å². The van der Waals surface area contributed by atoms with Crippen LogP contribution in [-0.2, 0) is 28.6 Å². The predicted octanol–water partition coefficient (Wildman–Crippen LogP) is 16.9. The number of carbonyl (C=O) groups excluding carboxylic acids is 3. The Morgan fingerprint density at radius 3 is 0.966 bits per heavy atom. The molecule has 350 valence electrons. The van der Waals surface area contributed by atoms with Crippen molar-refractivity contribution >= 4 is 17.9 Å².